The third-order valence-corrected chi connectivity index (χ3v) is 4.35. The van der Waals surface area contributed by atoms with E-state index in [1.54, 1.807) is 12.5 Å². The maximum atomic E-state index is 4.74. The number of nitrogens with zero attached hydrogens (tertiary/aromatic N) is 5. The Morgan fingerprint density at radius 3 is 2.59 bits per heavy atom. The Hall–Kier alpha value is -2.24. The average molecular weight is 296 g/mol. The van der Waals surface area contributed by atoms with Crippen LogP contribution in [-0.2, 0) is 0 Å². The molecule has 0 aromatic carbocycles. The van der Waals surface area contributed by atoms with Gasteiger partial charge in [0.15, 0.2) is 0 Å². The Balaban J connectivity index is 1.36. The molecule has 6 heteroatoms. The van der Waals surface area contributed by atoms with Crippen LogP contribution >= 0.6 is 0 Å². The van der Waals surface area contributed by atoms with Gasteiger partial charge in [-0.1, -0.05) is 0 Å². The van der Waals surface area contributed by atoms with Gasteiger partial charge in [-0.3, -0.25) is 0 Å². The van der Waals surface area contributed by atoms with Crippen LogP contribution in [0.4, 0.5) is 11.6 Å². The molecule has 1 saturated carbocycles. The van der Waals surface area contributed by atoms with E-state index >= 15 is 0 Å². The molecule has 2 fully saturated rings. The van der Waals surface area contributed by atoms with Crippen molar-refractivity contribution in [2.24, 2.45) is 0 Å². The minimum atomic E-state index is 0.468. The van der Waals surface area contributed by atoms with E-state index in [0.29, 0.717) is 12.0 Å². The summed E-state index contributed by atoms with van der Waals surface area (Å²) in [7, 11) is 0. The van der Waals surface area contributed by atoms with Crippen molar-refractivity contribution in [2.75, 3.05) is 23.3 Å². The molecule has 0 unspecified atom stereocenters. The van der Waals surface area contributed by atoms with Crippen molar-refractivity contribution in [3.8, 4) is 0 Å². The number of rotatable bonds is 4. The summed E-state index contributed by atoms with van der Waals surface area (Å²) in [6, 6.07) is 4.42. The van der Waals surface area contributed by atoms with Crippen LogP contribution in [0.2, 0.25) is 0 Å². The van der Waals surface area contributed by atoms with Crippen LogP contribution in [0.5, 0.6) is 0 Å². The Morgan fingerprint density at radius 2 is 1.86 bits per heavy atom. The standard InChI is InChI=1S/C16H20N6/c1-2-12(1)16-18-8-4-15(21-16)22-9-5-13(6-10-22)20-14-3-7-17-11-19-14/h3-4,7-8,11-13H,1-2,5-6,9-10H2,(H,17,19,20). The zero-order valence-electron chi connectivity index (χ0n) is 12.5. The van der Waals surface area contributed by atoms with E-state index in [2.05, 4.69) is 25.2 Å². The van der Waals surface area contributed by atoms with Gasteiger partial charge in [-0.15, -0.1) is 0 Å². The zero-order valence-corrected chi connectivity index (χ0v) is 12.5. The van der Waals surface area contributed by atoms with Gasteiger partial charge in [0.05, 0.1) is 0 Å². The molecule has 2 aliphatic rings. The van der Waals surface area contributed by atoms with Crippen molar-refractivity contribution in [1.82, 2.24) is 19.9 Å². The summed E-state index contributed by atoms with van der Waals surface area (Å²) in [5.74, 6) is 3.62. The average Bonchev–Trinajstić information content (AvgIpc) is 3.42. The molecule has 1 N–H and O–H groups in total. The van der Waals surface area contributed by atoms with E-state index in [1.807, 2.05) is 18.3 Å². The summed E-state index contributed by atoms with van der Waals surface area (Å²) < 4.78 is 0. The second-order valence-electron chi connectivity index (χ2n) is 6.05. The topological polar surface area (TPSA) is 66.8 Å². The van der Waals surface area contributed by atoms with E-state index in [0.717, 1.165) is 43.4 Å². The highest BCUT2D eigenvalue weighted by Gasteiger charge is 2.27. The summed E-state index contributed by atoms with van der Waals surface area (Å²) in [4.78, 5) is 19.7. The molecule has 0 radical (unpaired) electrons. The highest BCUT2D eigenvalue weighted by atomic mass is 15.2. The molecule has 6 nitrogen and oxygen atoms in total. The fourth-order valence-corrected chi connectivity index (χ4v) is 2.92. The maximum Gasteiger partial charge on any atom is 0.133 e. The SMILES string of the molecule is c1cc(NC2CCN(c3ccnc(C4CC4)n3)CC2)ncn1. The molecule has 0 spiro atoms. The van der Waals surface area contributed by atoms with Gasteiger partial charge in [0, 0.05) is 37.4 Å². The predicted octanol–water partition coefficient (Wildman–Crippen LogP) is 2.22. The number of piperidine rings is 1. The molecule has 1 aliphatic heterocycles. The summed E-state index contributed by atoms with van der Waals surface area (Å²) in [6.45, 7) is 2.04. The summed E-state index contributed by atoms with van der Waals surface area (Å²) in [5, 5.41) is 3.48. The number of hydrogen-bond acceptors (Lipinski definition) is 6. The van der Waals surface area contributed by atoms with Crippen molar-refractivity contribution in [3.05, 3.63) is 36.7 Å². The lowest BCUT2D eigenvalue weighted by atomic mass is 10.1. The molecule has 2 aromatic heterocycles. The molecule has 2 aromatic rings. The Kier molecular flexibility index (Phi) is 3.58. The van der Waals surface area contributed by atoms with Crippen LogP contribution < -0.4 is 10.2 Å². The second-order valence-corrected chi connectivity index (χ2v) is 6.05. The Labute approximate surface area is 130 Å². The fourth-order valence-electron chi connectivity index (χ4n) is 2.92. The van der Waals surface area contributed by atoms with E-state index < -0.39 is 0 Å². The molecule has 22 heavy (non-hydrogen) atoms. The lowest BCUT2D eigenvalue weighted by molar-refractivity contribution is 0.521. The van der Waals surface area contributed by atoms with E-state index in [9.17, 15) is 0 Å². The van der Waals surface area contributed by atoms with Gasteiger partial charge in [-0.05, 0) is 37.8 Å². The van der Waals surface area contributed by atoms with Crippen LogP contribution in [0.25, 0.3) is 0 Å². The van der Waals surface area contributed by atoms with Gasteiger partial charge >= 0.3 is 0 Å². The van der Waals surface area contributed by atoms with Crippen LogP contribution in [0.1, 0.15) is 37.4 Å². The molecule has 3 heterocycles. The van der Waals surface area contributed by atoms with Gasteiger partial charge in [-0.2, -0.15) is 0 Å². The molecule has 114 valence electrons. The quantitative estimate of drug-likeness (QED) is 0.933. The predicted molar refractivity (Wildman–Crippen MR) is 84.9 cm³/mol. The Morgan fingerprint density at radius 1 is 1.00 bits per heavy atom. The highest BCUT2D eigenvalue weighted by Crippen LogP contribution is 2.38. The summed E-state index contributed by atoms with van der Waals surface area (Å²) in [5.41, 5.74) is 0. The van der Waals surface area contributed by atoms with Gasteiger partial charge < -0.3 is 10.2 Å². The first-order valence-corrected chi connectivity index (χ1v) is 7.99. The zero-order chi connectivity index (χ0) is 14.8. The van der Waals surface area contributed by atoms with Crippen molar-refractivity contribution >= 4 is 11.6 Å². The molecular weight excluding hydrogens is 276 g/mol. The summed E-state index contributed by atoms with van der Waals surface area (Å²) >= 11 is 0. The smallest absolute Gasteiger partial charge is 0.133 e. The first kappa shape index (κ1) is 13.4. The monoisotopic (exact) mass is 296 g/mol. The van der Waals surface area contributed by atoms with E-state index in [1.165, 1.54) is 12.8 Å². The Bertz CT molecular complexity index is 620. The van der Waals surface area contributed by atoms with Crippen molar-refractivity contribution < 1.29 is 0 Å². The fraction of sp³-hybridized carbons (Fsp3) is 0.500. The lowest BCUT2D eigenvalue weighted by Gasteiger charge is -2.33. The van der Waals surface area contributed by atoms with Gasteiger partial charge in [0.2, 0.25) is 0 Å². The molecule has 0 atom stereocenters. The summed E-state index contributed by atoms with van der Waals surface area (Å²) in [6.07, 6.45) is 9.92. The number of aromatic nitrogens is 4. The number of nitrogens with one attached hydrogen (secondary N) is 1. The van der Waals surface area contributed by atoms with Crippen molar-refractivity contribution in [1.29, 1.82) is 0 Å². The molecular formula is C16H20N6. The van der Waals surface area contributed by atoms with E-state index in [4.69, 9.17) is 4.98 Å². The third kappa shape index (κ3) is 3.00. The minimum Gasteiger partial charge on any atom is -0.367 e. The highest BCUT2D eigenvalue weighted by molar-refractivity contribution is 5.40. The van der Waals surface area contributed by atoms with Gasteiger partial charge in [-0.25, -0.2) is 19.9 Å². The largest absolute Gasteiger partial charge is 0.367 e. The molecule has 0 amide bonds. The molecule has 1 aliphatic carbocycles. The molecule has 1 saturated heterocycles. The second kappa shape index (κ2) is 5.87. The number of anilines is 2. The third-order valence-electron chi connectivity index (χ3n) is 4.35. The first-order valence-electron chi connectivity index (χ1n) is 7.99. The van der Waals surface area contributed by atoms with Crippen LogP contribution in [0.15, 0.2) is 30.9 Å². The number of hydrogen-bond donors (Lipinski definition) is 1. The van der Waals surface area contributed by atoms with E-state index in [-0.39, 0.29) is 0 Å². The van der Waals surface area contributed by atoms with Crippen LogP contribution in [0, 0.1) is 0 Å². The van der Waals surface area contributed by atoms with Crippen molar-refractivity contribution in [3.63, 3.8) is 0 Å². The van der Waals surface area contributed by atoms with Crippen molar-refractivity contribution in [2.45, 2.75) is 37.6 Å². The van der Waals surface area contributed by atoms with Gasteiger partial charge in [0.25, 0.3) is 0 Å². The molecule has 0 bridgehead atoms. The molecule has 4 rings (SSSR count). The van der Waals surface area contributed by atoms with Crippen LogP contribution in [0.3, 0.4) is 0 Å². The van der Waals surface area contributed by atoms with Crippen LogP contribution in [-0.4, -0.2) is 39.1 Å². The normalized spacial score (nSPS) is 19.2. The lowest BCUT2D eigenvalue weighted by Crippen LogP contribution is -2.39. The first-order chi connectivity index (χ1) is 10.9. The minimum absolute atomic E-state index is 0.468. The maximum absolute atomic E-state index is 4.74. The van der Waals surface area contributed by atoms with Gasteiger partial charge in [0.1, 0.15) is 23.8 Å².